The summed E-state index contributed by atoms with van der Waals surface area (Å²) in [6.07, 6.45) is 0. The summed E-state index contributed by atoms with van der Waals surface area (Å²) >= 11 is 9.19. The number of carbonyl (C=O) groups excluding carboxylic acids is 1. The highest BCUT2D eigenvalue weighted by Gasteiger charge is 2.32. The maximum atomic E-state index is 11.7. The molecule has 0 aliphatic carbocycles. The summed E-state index contributed by atoms with van der Waals surface area (Å²) < 4.78 is 27.4. The Balaban J connectivity index is 2.71. The Morgan fingerprint density at radius 2 is 2.12 bits per heavy atom. The van der Waals surface area contributed by atoms with Crippen LogP contribution in [-0.2, 0) is 14.8 Å². The summed E-state index contributed by atoms with van der Waals surface area (Å²) in [5.74, 6) is -0.457. The summed E-state index contributed by atoms with van der Waals surface area (Å²) in [4.78, 5) is 11.0. The van der Waals surface area contributed by atoms with Gasteiger partial charge in [0, 0.05) is 11.4 Å². The number of nitrogens with zero attached hydrogens (tertiary/aromatic N) is 1. The summed E-state index contributed by atoms with van der Waals surface area (Å²) in [6.45, 7) is 1.26. The third kappa shape index (κ3) is 2.10. The molecule has 0 atom stereocenters. The standard InChI is InChI=1S/C9H6BrClN2O3S/c1-4(14)12-9-7-6(17(15,16)13-9)3-2-5(10)8(7)11/h2-3H,1H3,(H,12,13,14). The zero-order valence-corrected chi connectivity index (χ0v) is 11.6. The first kappa shape index (κ1) is 12.5. The first-order chi connectivity index (χ1) is 7.83. The summed E-state index contributed by atoms with van der Waals surface area (Å²) in [7, 11) is -3.77. The number of sulfonamides is 1. The number of amidine groups is 1. The Kier molecular flexibility index (Phi) is 3.01. The van der Waals surface area contributed by atoms with Crippen LogP contribution in [0.25, 0.3) is 0 Å². The first-order valence-electron chi connectivity index (χ1n) is 4.44. The van der Waals surface area contributed by atoms with Crippen LogP contribution in [0.1, 0.15) is 12.5 Å². The number of hydrogen-bond donors (Lipinski definition) is 1. The number of fused-ring (bicyclic) bond motifs is 1. The molecular formula is C9H6BrClN2O3S. The van der Waals surface area contributed by atoms with Crippen LogP contribution in [0.2, 0.25) is 5.02 Å². The number of halogens is 2. The lowest BCUT2D eigenvalue weighted by Gasteiger charge is -2.05. The van der Waals surface area contributed by atoms with Crippen molar-refractivity contribution in [1.29, 1.82) is 0 Å². The van der Waals surface area contributed by atoms with E-state index in [0.717, 1.165) is 0 Å². The van der Waals surface area contributed by atoms with Crippen LogP contribution in [0, 0.1) is 0 Å². The third-order valence-electron chi connectivity index (χ3n) is 2.08. The number of hydrogen-bond acceptors (Lipinski definition) is 3. The average Bonchev–Trinajstić information content (AvgIpc) is 2.43. The van der Waals surface area contributed by atoms with E-state index in [4.69, 9.17) is 11.6 Å². The Morgan fingerprint density at radius 1 is 1.47 bits per heavy atom. The van der Waals surface area contributed by atoms with E-state index >= 15 is 0 Å². The van der Waals surface area contributed by atoms with Crippen LogP contribution < -0.4 is 5.32 Å². The first-order valence-corrected chi connectivity index (χ1v) is 7.05. The molecule has 1 N–H and O–H groups in total. The number of benzene rings is 1. The Labute approximate surface area is 111 Å². The SMILES string of the molecule is CC(=O)NC1=NS(=O)(=O)c2ccc(Br)c(Cl)c21. The van der Waals surface area contributed by atoms with E-state index in [1.807, 2.05) is 0 Å². The van der Waals surface area contributed by atoms with Crippen molar-refractivity contribution in [2.75, 3.05) is 0 Å². The van der Waals surface area contributed by atoms with Gasteiger partial charge in [-0.05, 0) is 28.1 Å². The van der Waals surface area contributed by atoms with Gasteiger partial charge in [0.25, 0.3) is 10.0 Å². The fraction of sp³-hybridized carbons (Fsp3) is 0.111. The topological polar surface area (TPSA) is 75.6 Å². The highest BCUT2D eigenvalue weighted by atomic mass is 79.9. The van der Waals surface area contributed by atoms with Crippen molar-refractivity contribution in [3.8, 4) is 0 Å². The quantitative estimate of drug-likeness (QED) is 0.782. The van der Waals surface area contributed by atoms with Crippen molar-refractivity contribution in [3.63, 3.8) is 0 Å². The van der Waals surface area contributed by atoms with Gasteiger partial charge in [0.15, 0.2) is 5.84 Å². The zero-order valence-electron chi connectivity index (χ0n) is 8.49. The maximum absolute atomic E-state index is 11.7. The van der Waals surface area contributed by atoms with E-state index in [1.165, 1.54) is 19.1 Å². The minimum atomic E-state index is -3.77. The molecule has 0 bridgehead atoms. The van der Waals surface area contributed by atoms with Crippen LogP contribution in [0.15, 0.2) is 25.9 Å². The second-order valence-electron chi connectivity index (χ2n) is 3.33. The Hall–Kier alpha value is -0.920. The van der Waals surface area contributed by atoms with Crippen molar-refractivity contribution in [2.45, 2.75) is 11.8 Å². The molecular weight excluding hydrogens is 332 g/mol. The van der Waals surface area contributed by atoms with E-state index in [1.54, 1.807) is 0 Å². The number of rotatable bonds is 0. The molecule has 0 spiro atoms. The minimum Gasteiger partial charge on any atom is -0.310 e. The van der Waals surface area contributed by atoms with Crippen LogP contribution in [0.4, 0.5) is 0 Å². The van der Waals surface area contributed by atoms with Crippen molar-refractivity contribution in [3.05, 3.63) is 27.2 Å². The smallest absolute Gasteiger partial charge is 0.285 e. The summed E-state index contributed by atoms with van der Waals surface area (Å²) in [6, 6.07) is 2.91. The maximum Gasteiger partial charge on any atom is 0.285 e. The second-order valence-corrected chi connectivity index (χ2v) is 6.14. The van der Waals surface area contributed by atoms with Gasteiger partial charge < -0.3 is 5.32 Å². The molecule has 0 saturated heterocycles. The molecule has 1 aliphatic heterocycles. The molecule has 8 heteroatoms. The third-order valence-corrected chi connectivity index (χ3v) is 4.68. The van der Waals surface area contributed by atoms with Crippen molar-refractivity contribution in [1.82, 2.24) is 5.32 Å². The monoisotopic (exact) mass is 336 g/mol. The lowest BCUT2D eigenvalue weighted by atomic mass is 10.2. The molecule has 0 saturated carbocycles. The Bertz CT molecular complexity index is 654. The molecule has 0 aromatic heterocycles. The molecule has 2 rings (SSSR count). The second kappa shape index (κ2) is 4.08. The normalized spacial score (nSPS) is 16.3. The molecule has 90 valence electrons. The molecule has 1 amide bonds. The van der Waals surface area contributed by atoms with Gasteiger partial charge in [-0.2, -0.15) is 8.42 Å². The highest BCUT2D eigenvalue weighted by Crippen LogP contribution is 2.35. The van der Waals surface area contributed by atoms with Crippen LogP contribution in [-0.4, -0.2) is 20.2 Å². The largest absolute Gasteiger partial charge is 0.310 e. The van der Waals surface area contributed by atoms with Crippen molar-refractivity contribution < 1.29 is 13.2 Å². The van der Waals surface area contributed by atoms with Crippen molar-refractivity contribution >= 4 is 49.3 Å². The van der Waals surface area contributed by atoms with Gasteiger partial charge in [-0.25, -0.2) is 0 Å². The van der Waals surface area contributed by atoms with E-state index in [9.17, 15) is 13.2 Å². The van der Waals surface area contributed by atoms with E-state index in [2.05, 4.69) is 25.6 Å². The van der Waals surface area contributed by atoms with Gasteiger partial charge in [0.2, 0.25) is 5.91 Å². The predicted octanol–water partition coefficient (Wildman–Crippen LogP) is 1.69. The average molecular weight is 338 g/mol. The molecule has 17 heavy (non-hydrogen) atoms. The molecule has 1 aromatic rings. The van der Waals surface area contributed by atoms with Crippen molar-refractivity contribution in [2.24, 2.45) is 4.40 Å². The fourth-order valence-corrected chi connectivity index (χ4v) is 3.25. The fourth-order valence-electron chi connectivity index (χ4n) is 1.44. The van der Waals surface area contributed by atoms with Gasteiger partial charge in [0.05, 0.1) is 10.6 Å². The van der Waals surface area contributed by atoms with Gasteiger partial charge in [0.1, 0.15) is 4.90 Å². The van der Waals surface area contributed by atoms with Crippen LogP contribution in [0.3, 0.4) is 0 Å². The minimum absolute atomic E-state index is 0.00514. The number of amides is 1. The molecule has 0 radical (unpaired) electrons. The van der Waals surface area contributed by atoms with Crippen LogP contribution >= 0.6 is 27.5 Å². The predicted molar refractivity (Wildman–Crippen MR) is 66.7 cm³/mol. The summed E-state index contributed by atoms with van der Waals surface area (Å²) in [5, 5.41) is 2.55. The molecule has 0 unspecified atom stereocenters. The van der Waals surface area contributed by atoms with Crippen LogP contribution in [0.5, 0.6) is 0 Å². The number of carbonyl (C=O) groups is 1. The number of nitrogens with one attached hydrogen (secondary N) is 1. The molecule has 1 aromatic carbocycles. The molecule has 1 heterocycles. The molecule has 1 aliphatic rings. The van der Waals surface area contributed by atoms with Gasteiger partial charge in [-0.1, -0.05) is 11.6 Å². The Morgan fingerprint density at radius 3 is 2.71 bits per heavy atom. The summed E-state index contributed by atoms with van der Waals surface area (Å²) in [5.41, 5.74) is 0.219. The lowest BCUT2D eigenvalue weighted by molar-refractivity contribution is -0.117. The lowest BCUT2D eigenvalue weighted by Crippen LogP contribution is -2.28. The van der Waals surface area contributed by atoms with E-state index < -0.39 is 15.9 Å². The van der Waals surface area contributed by atoms with E-state index in [0.29, 0.717) is 4.47 Å². The zero-order chi connectivity index (χ0) is 12.8. The van der Waals surface area contributed by atoms with E-state index in [-0.39, 0.29) is 21.3 Å². The van der Waals surface area contributed by atoms with Gasteiger partial charge in [-0.3, -0.25) is 4.79 Å². The molecule has 5 nitrogen and oxygen atoms in total. The van der Waals surface area contributed by atoms with Gasteiger partial charge >= 0.3 is 0 Å². The van der Waals surface area contributed by atoms with Gasteiger partial charge in [-0.15, -0.1) is 4.40 Å². The molecule has 0 fully saturated rings. The highest BCUT2D eigenvalue weighted by molar-refractivity contribution is 9.10.